The molecule has 2 aromatic rings. The minimum Gasteiger partial charge on any atom is -0.496 e. The van der Waals surface area contributed by atoms with E-state index in [1.165, 1.54) is 5.56 Å². The summed E-state index contributed by atoms with van der Waals surface area (Å²) in [7, 11) is 3.65. The maximum atomic E-state index is 5.46. The fourth-order valence-corrected chi connectivity index (χ4v) is 3.79. The summed E-state index contributed by atoms with van der Waals surface area (Å²) in [5, 5.41) is 7.57. The maximum absolute atomic E-state index is 5.46. The third-order valence-corrected chi connectivity index (χ3v) is 4.99. The highest BCUT2D eigenvalue weighted by Gasteiger charge is 2.19. The standard InChI is InChI=1S/C13H13Br2NOS/c1-16-13(10-6-18-7-11(10)15)9-4-3-8(14)5-12(9)17-2/h3-7,13,16H,1-2H3. The summed E-state index contributed by atoms with van der Waals surface area (Å²) >= 11 is 8.73. The molecule has 5 heteroatoms. The van der Waals surface area contributed by atoms with Crippen LogP contribution in [0.3, 0.4) is 0 Å². The highest BCUT2D eigenvalue weighted by atomic mass is 79.9. The van der Waals surface area contributed by atoms with E-state index in [2.05, 4.69) is 54.0 Å². The van der Waals surface area contributed by atoms with Crippen LogP contribution in [0, 0.1) is 0 Å². The van der Waals surface area contributed by atoms with E-state index < -0.39 is 0 Å². The summed E-state index contributed by atoms with van der Waals surface area (Å²) in [6.07, 6.45) is 0. The normalized spacial score (nSPS) is 12.4. The molecule has 0 aliphatic heterocycles. The van der Waals surface area contributed by atoms with E-state index in [1.54, 1.807) is 18.4 Å². The number of rotatable bonds is 4. The molecule has 0 saturated heterocycles. The summed E-state index contributed by atoms with van der Waals surface area (Å²) in [6.45, 7) is 0. The molecule has 2 nitrogen and oxygen atoms in total. The van der Waals surface area contributed by atoms with Crippen molar-refractivity contribution >= 4 is 43.2 Å². The van der Waals surface area contributed by atoms with Crippen molar-refractivity contribution in [3.05, 3.63) is 49.0 Å². The van der Waals surface area contributed by atoms with Crippen LogP contribution in [0.1, 0.15) is 17.2 Å². The smallest absolute Gasteiger partial charge is 0.125 e. The summed E-state index contributed by atoms with van der Waals surface area (Å²) in [6, 6.07) is 6.21. The van der Waals surface area contributed by atoms with Crippen LogP contribution in [0.25, 0.3) is 0 Å². The fourth-order valence-electron chi connectivity index (χ4n) is 1.90. The number of thiophene rings is 1. The SMILES string of the molecule is CNC(c1cscc1Br)c1ccc(Br)cc1OC. The molecule has 1 atom stereocenters. The molecule has 0 saturated carbocycles. The Bertz CT molecular complexity index is 542. The number of hydrogen-bond donors (Lipinski definition) is 1. The molecule has 1 N–H and O–H groups in total. The second kappa shape index (κ2) is 6.19. The molecule has 1 aromatic heterocycles. The van der Waals surface area contributed by atoms with Crippen LogP contribution in [-0.4, -0.2) is 14.2 Å². The quantitative estimate of drug-likeness (QED) is 0.824. The van der Waals surface area contributed by atoms with E-state index >= 15 is 0 Å². The topological polar surface area (TPSA) is 21.3 Å². The molecule has 96 valence electrons. The first-order valence-electron chi connectivity index (χ1n) is 5.39. The molecule has 18 heavy (non-hydrogen) atoms. The van der Waals surface area contributed by atoms with Gasteiger partial charge in [-0.05, 0) is 46.1 Å². The predicted octanol–water partition coefficient (Wildman–Crippen LogP) is 4.59. The van der Waals surface area contributed by atoms with Gasteiger partial charge in [0.2, 0.25) is 0 Å². The van der Waals surface area contributed by atoms with Gasteiger partial charge >= 0.3 is 0 Å². The molecule has 0 radical (unpaired) electrons. The van der Waals surface area contributed by atoms with Gasteiger partial charge in [-0.25, -0.2) is 0 Å². The van der Waals surface area contributed by atoms with E-state index in [0.29, 0.717) is 0 Å². The fraction of sp³-hybridized carbons (Fsp3) is 0.231. The third-order valence-electron chi connectivity index (χ3n) is 2.75. The number of hydrogen-bond acceptors (Lipinski definition) is 3. The van der Waals surface area contributed by atoms with Gasteiger partial charge in [-0.15, -0.1) is 0 Å². The number of methoxy groups -OCH3 is 1. The van der Waals surface area contributed by atoms with Crippen molar-refractivity contribution < 1.29 is 4.74 Å². The van der Waals surface area contributed by atoms with E-state index in [1.807, 2.05) is 19.2 Å². The Morgan fingerprint density at radius 3 is 2.56 bits per heavy atom. The number of benzene rings is 1. The number of ether oxygens (including phenoxy) is 1. The molecule has 0 spiro atoms. The Hall–Kier alpha value is -0.360. The Morgan fingerprint density at radius 1 is 1.22 bits per heavy atom. The van der Waals surface area contributed by atoms with Gasteiger partial charge in [0.15, 0.2) is 0 Å². The summed E-state index contributed by atoms with van der Waals surface area (Å²) in [5.41, 5.74) is 2.35. The lowest BCUT2D eigenvalue weighted by molar-refractivity contribution is 0.405. The van der Waals surface area contributed by atoms with E-state index in [-0.39, 0.29) is 6.04 Å². The molecular weight excluding hydrogens is 378 g/mol. The Morgan fingerprint density at radius 2 is 2.00 bits per heavy atom. The van der Waals surface area contributed by atoms with Crippen molar-refractivity contribution in [3.63, 3.8) is 0 Å². The largest absolute Gasteiger partial charge is 0.496 e. The zero-order chi connectivity index (χ0) is 13.1. The molecule has 0 aliphatic carbocycles. The van der Waals surface area contributed by atoms with E-state index in [0.717, 1.165) is 20.3 Å². The van der Waals surface area contributed by atoms with Gasteiger partial charge in [-0.2, -0.15) is 11.3 Å². The van der Waals surface area contributed by atoms with Gasteiger partial charge in [-0.1, -0.05) is 22.0 Å². The summed E-state index contributed by atoms with van der Waals surface area (Å²) in [4.78, 5) is 0. The summed E-state index contributed by atoms with van der Waals surface area (Å²) < 4.78 is 7.60. The van der Waals surface area contributed by atoms with Gasteiger partial charge in [0.25, 0.3) is 0 Å². The first kappa shape index (κ1) is 14.1. The average molecular weight is 391 g/mol. The minimum absolute atomic E-state index is 0.119. The molecule has 2 rings (SSSR count). The van der Waals surface area contributed by atoms with Crippen LogP contribution >= 0.6 is 43.2 Å². The maximum Gasteiger partial charge on any atom is 0.125 e. The minimum atomic E-state index is 0.119. The Balaban J connectivity index is 2.48. The molecule has 0 fully saturated rings. The second-order valence-corrected chi connectivity index (χ2v) is 6.30. The zero-order valence-corrected chi connectivity index (χ0v) is 14.0. The van der Waals surface area contributed by atoms with Crippen LogP contribution in [0.2, 0.25) is 0 Å². The van der Waals surface area contributed by atoms with Gasteiger partial charge in [0.1, 0.15) is 5.75 Å². The molecule has 1 aromatic carbocycles. The third kappa shape index (κ3) is 2.79. The zero-order valence-electron chi connectivity index (χ0n) is 10.0. The first-order valence-corrected chi connectivity index (χ1v) is 7.92. The predicted molar refractivity (Wildman–Crippen MR) is 83.6 cm³/mol. The van der Waals surface area contributed by atoms with Crippen molar-refractivity contribution in [2.45, 2.75) is 6.04 Å². The van der Waals surface area contributed by atoms with Crippen LogP contribution in [0.5, 0.6) is 5.75 Å². The van der Waals surface area contributed by atoms with Crippen LogP contribution in [0.15, 0.2) is 37.9 Å². The van der Waals surface area contributed by atoms with Crippen molar-refractivity contribution in [1.82, 2.24) is 5.32 Å². The molecule has 1 heterocycles. The Kier molecular flexibility index (Phi) is 4.84. The first-order chi connectivity index (χ1) is 8.67. The molecule has 0 amide bonds. The van der Waals surface area contributed by atoms with Crippen molar-refractivity contribution in [2.75, 3.05) is 14.2 Å². The highest BCUT2D eigenvalue weighted by Crippen LogP contribution is 2.36. The summed E-state index contributed by atoms with van der Waals surface area (Å²) in [5.74, 6) is 0.877. The lowest BCUT2D eigenvalue weighted by Gasteiger charge is -2.19. The number of nitrogens with one attached hydrogen (secondary N) is 1. The van der Waals surface area contributed by atoms with Crippen LogP contribution in [-0.2, 0) is 0 Å². The van der Waals surface area contributed by atoms with E-state index in [9.17, 15) is 0 Å². The molecular formula is C13H13Br2NOS. The Labute approximate surface area is 128 Å². The van der Waals surface area contributed by atoms with Gasteiger partial charge in [-0.3, -0.25) is 0 Å². The molecule has 0 bridgehead atoms. The lowest BCUT2D eigenvalue weighted by atomic mass is 10.0. The average Bonchev–Trinajstić information content (AvgIpc) is 2.78. The molecule has 0 aliphatic rings. The van der Waals surface area contributed by atoms with Crippen molar-refractivity contribution in [2.24, 2.45) is 0 Å². The van der Waals surface area contributed by atoms with Crippen LogP contribution < -0.4 is 10.1 Å². The van der Waals surface area contributed by atoms with E-state index in [4.69, 9.17) is 4.74 Å². The molecule has 1 unspecified atom stereocenters. The van der Waals surface area contributed by atoms with Gasteiger partial charge in [0, 0.05) is 19.9 Å². The monoisotopic (exact) mass is 389 g/mol. The van der Waals surface area contributed by atoms with Gasteiger partial charge < -0.3 is 10.1 Å². The van der Waals surface area contributed by atoms with Gasteiger partial charge in [0.05, 0.1) is 13.2 Å². The lowest BCUT2D eigenvalue weighted by Crippen LogP contribution is -2.18. The van der Waals surface area contributed by atoms with Crippen molar-refractivity contribution in [1.29, 1.82) is 0 Å². The van der Waals surface area contributed by atoms with Crippen LogP contribution in [0.4, 0.5) is 0 Å². The second-order valence-electron chi connectivity index (χ2n) is 3.78. The van der Waals surface area contributed by atoms with Crippen molar-refractivity contribution in [3.8, 4) is 5.75 Å². The highest BCUT2D eigenvalue weighted by molar-refractivity contribution is 9.10. The number of halogens is 2.